The average molecular weight is 543 g/mol. The zero-order valence-corrected chi connectivity index (χ0v) is 22.9. The fourth-order valence-corrected chi connectivity index (χ4v) is 5.70. The monoisotopic (exact) mass is 542 g/mol. The topological polar surface area (TPSA) is 97.4 Å². The Labute approximate surface area is 228 Å². The van der Waals surface area contributed by atoms with Crippen molar-refractivity contribution < 1.29 is 17.6 Å². The normalized spacial score (nSPS) is 11.6. The summed E-state index contributed by atoms with van der Waals surface area (Å²) in [6.45, 7) is 2.87. The zero-order valence-electron chi connectivity index (χ0n) is 22.1. The predicted molar refractivity (Wildman–Crippen MR) is 154 cm³/mol. The van der Waals surface area contributed by atoms with E-state index in [0.29, 0.717) is 46.5 Å². The number of hydrogen-bond donors (Lipinski definition) is 1. The van der Waals surface area contributed by atoms with Crippen molar-refractivity contribution in [2.24, 2.45) is 0 Å². The maximum absolute atomic E-state index is 13.1. The number of sulfonamides is 1. The highest BCUT2D eigenvalue weighted by atomic mass is 32.2. The summed E-state index contributed by atoms with van der Waals surface area (Å²) in [7, 11) is -2.07. The van der Waals surface area contributed by atoms with Crippen LogP contribution in [0.3, 0.4) is 0 Å². The van der Waals surface area contributed by atoms with Gasteiger partial charge in [-0.05, 0) is 25.0 Å². The molecule has 5 aromatic rings. The van der Waals surface area contributed by atoms with Gasteiger partial charge < -0.3 is 14.3 Å². The number of carbonyl (C=O) groups is 1. The number of nitrogens with zero attached hydrogens (tertiary/aromatic N) is 3. The first-order valence-corrected chi connectivity index (χ1v) is 14.5. The Bertz CT molecular complexity index is 1710. The predicted octanol–water partition coefficient (Wildman–Crippen LogP) is 5.49. The summed E-state index contributed by atoms with van der Waals surface area (Å²) in [5, 5.41) is 3.34. The van der Waals surface area contributed by atoms with Gasteiger partial charge in [0.2, 0.25) is 10.0 Å². The fourth-order valence-electron chi connectivity index (χ4n) is 4.73. The molecule has 2 aromatic heterocycles. The van der Waals surface area contributed by atoms with Crippen molar-refractivity contribution >= 4 is 32.6 Å². The second-order valence-corrected chi connectivity index (χ2v) is 11.4. The van der Waals surface area contributed by atoms with Gasteiger partial charge in [-0.1, -0.05) is 60.2 Å². The van der Waals surface area contributed by atoms with Gasteiger partial charge in [-0.15, -0.1) is 0 Å². The van der Waals surface area contributed by atoms with E-state index in [9.17, 15) is 13.2 Å². The lowest BCUT2D eigenvalue weighted by Gasteiger charge is -2.25. The van der Waals surface area contributed by atoms with Crippen LogP contribution >= 0.6 is 0 Å². The molecule has 0 saturated carbocycles. The molecule has 0 aliphatic heterocycles. The van der Waals surface area contributed by atoms with Crippen LogP contribution < -0.4 is 9.62 Å². The fraction of sp³-hybridized carbons (Fsp3) is 0.200. The third kappa shape index (κ3) is 5.44. The molecule has 39 heavy (non-hydrogen) atoms. The van der Waals surface area contributed by atoms with Gasteiger partial charge in [0.15, 0.2) is 0 Å². The van der Waals surface area contributed by atoms with E-state index in [4.69, 9.17) is 4.42 Å². The van der Waals surface area contributed by atoms with E-state index < -0.39 is 10.0 Å². The molecule has 0 aliphatic carbocycles. The van der Waals surface area contributed by atoms with Gasteiger partial charge in [0.1, 0.15) is 11.3 Å². The van der Waals surface area contributed by atoms with Gasteiger partial charge in [0.05, 0.1) is 23.8 Å². The van der Waals surface area contributed by atoms with Crippen molar-refractivity contribution in [3.63, 3.8) is 0 Å². The Hall–Kier alpha value is -4.37. The highest BCUT2D eigenvalue weighted by Gasteiger charge is 2.27. The quantitative estimate of drug-likeness (QED) is 0.266. The number of hydrogen-bond acceptors (Lipinski definition) is 5. The van der Waals surface area contributed by atoms with Gasteiger partial charge in [-0.25, -0.2) is 13.4 Å². The molecule has 3 aromatic carbocycles. The number of carbonyl (C=O) groups excluding carboxylic acids is 1. The lowest BCUT2D eigenvalue weighted by molar-refractivity contribution is 0.0964. The Balaban J connectivity index is 1.71. The maximum Gasteiger partial charge on any atom is 0.255 e. The highest BCUT2D eigenvalue weighted by Crippen LogP contribution is 2.41. The largest absolute Gasteiger partial charge is 0.455 e. The standard InChI is InChI=1S/C30H30N4O4S/c1-21-10-12-23(13-11-21)29-28(30(35)31-2)25-18-24(22-8-5-4-6-9-22)26(19-27(25)38-29)34(39(3,36)37)16-7-15-33-17-14-32-20-33/h4-6,8-14,17-20H,7,15-16H2,1-3H3,(H,31,35). The van der Waals surface area contributed by atoms with Crippen LogP contribution in [-0.2, 0) is 16.6 Å². The first kappa shape index (κ1) is 26.2. The van der Waals surface area contributed by atoms with Crippen molar-refractivity contribution in [2.75, 3.05) is 24.2 Å². The van der Waals surface area contributed by atoms with E-state index in [0.717, 1.165) is 16.7 Å². The number of aromatic nitrogens is 2. The van der Waals surface area contributed by atoms with E-state index in [-0.39, 0.29) is 12.5 Å². The number of aryl methyl sites for hydroxylation is 2. The molecule has 0 spiro atoms. The van der Waals surface area contributed by atoms with Crippen LogP contribution in [0.4, 0.5) is 5.69 Å². The molecule has 0 radical (unpaired) electrons. The number of fused-ring (bicyclic) bond motifs is 1. The Morgan fingerprint density at radius 2 is 1.79 bits per heavy atom. The molecule has 5 rings (SSSR count). The number of nitrogens with one attached hydrogen (secondary N) is 1. The number of benzene rings is 3. The molecule has 0 unspecified atom stereocenters. The SMILES string of the molecule is CNC(=O)c1c(-c2ccc(C)cc2)oc2cc(N(CCCn3ccnc3)S(C)(=O)=O)c(-c3ccccc3)cc12. The van der Waals surface area contributed by atoms with Crippen LogP contribution in [0.2, 0.25) is 0 Å². The first-order chi connectivity index (χ1) is 18.8. The van der Waals surface area contributed by atoms with Crippen molar-refractivity contribution in [2.45, 2.75) is 19.9 Å². The van der Waals surface area contributed by atoms with Crippen LogP contribution in [0.15, 0.2) is 89.9 Å². The molecular weight excluding hydrogens is 512 g/mol. The minimum Gasteiger partial charge on any atom is -0.455 e. The van der Waals surface area contributed by atoms with Crippen molar-refractivity contribution in [1.29, 1.82) is 0 Å². The Kier molecular flexibility index (Phi) is 7.26. The first-order valence-electron chi connectivity index (χ1n) is 12.6. The number of furan rings is 1. The summed E-state index contributed by atoms with van der Waals surface area (Å²) in [5.74, 6) is 0.155. The summed E-state index contributed by atoms with van der Waals surface area (Å²) in [5.41, 5.74) is 4.71. The number of rotatable bonds is 9. The van der Waals surface area contributed by atoms with Gasteiger partial charge >= 0.3 is 0 Å². The van der Waals surface area contributed by atoms with Crippen LogP contribution in [0.5, 0.6) is 0 Å². The van der Waals surface area contributed by atoms with Crippen LogP contribution in [-0.4, -0.2) is 43.7 Å². The molecule has 2 heterocycles. The number of imidazole rings is 1. The van der Waals surface area contributed by atoms with E-state index in [2.05, 4.69) is 10.3 Å². The average Bonchev–Trinajstić information content (AvgIpc) is 3.58. The molecule has 0 fully saturated rings. The molecule has 0 saturated heterocycles. The minimum absolute atomic E-state index is 0.260. The molecule has 0 atom stereocenters. The Morgan fingerprint density at radius 3 is 2.44 bits per heavy atom. The molecule has 0 bridgehead atoms. The van der Waals surface area contributed by atoms with Crippen LogP contribution in [0.1, 0.15) is 22.3 Å². The summed E-state index contributed by atoms with van der Waals surface area (Å²) >= 11 is 0. The van der Waals surface area contributed by atoms with Gasteiger partial charge in [-0.2, -0.15) is 0 Å². The maximum atomic E-state index is 13.1. The molecular formula is C30H30N4O4S. The molecule has 1 N–H and O–H groups in total. The lowest BCUT2D eigenvalue weighted by Crippen LogP contribution is -2.32. The second-order valence-electron chi connectivity index (χ2n) is 9.47. The molecule has 200 valence electrons. The third-order valence-electron chi connectivity index (χ3n) is 6.66. The molecule has 0 aliphatic rings. The molecule has 8 nitrogen and oxygen atoms in total. The summed E-state index contributed by atoms with van der Waals surface area (Å²) in [4.78, 5) is 17.2. The third-order valence-corrected chi connectivity index (χ3v) is 7.84. The van der Waals surface area contributed by atoms with Gasteiger partial charge in [-0.3, -0.25) is 9.10 Å². The van der Waals surface area contributed by atoms with E-state index >= 15 is 0 Å². The second kappa shape index (κ2) is 10.8. The van der Waals surface area contributed by atoms with E-state index in [1.807, 2.05) is 78.4 Å². The minimum atomic E-state index is -3.65. The van der Waals surface area contributed by atoms with Crippen molar-refractivity contribution in [3.8, 4) is 22.5 Å². The summed E-state index contributed by atoms with van der Waals surface area (Å²) in [6, 6.07) is 20.9. The summed E-state index contributed by atoms with van der Waals surface area (Å²) < 4.78 is 35.9. The molecule has 9 heteroatoms. The van der Waals surface area contributed by atoms with Crippen LogP contribution in [0, 0.1) is 6.92 Å². The van der Waals surface area contributed by atoms with Crippen LogP contribution in [0.25, 0.3) is 33.4 Å². The van der Waals surface area contributed by atoms with E-state index in [1.165, 1.54) is 10.6 Å². The van der Waals surface area contributed by atoms with Gasteiger partial charge in [0, 0.05) is 55.1 Å². The highest BCUT2D eigenvalue weighted by molar-refractivity contribution is 7.92. The summed E-state index contributed by atoms with van der Waals surface area (Å²) in [6.07, 6.45) is 7.04. The Morgan fingerprint density at radius 1 is 1.05 bits per heavy atom. The number of amides is 1. The lowest BCUT2D eigenvalue weighted by atomic mass is 9.98. The zero-order chi connectivity index (χ0) is 27.6. The smallest absolute Gasteiger partial charge is 0.255 e. The van der Waals surface area contributed by atoms with Crippen molar-refractivity contribution in [3.05, 3.63) is 96.6 Å². The van der Waals surface area contributed by atoms with Crippen molar-refractivity contribution in [1.82, 2.24) is 14.9 Å². The molecule has 1 amide bonds. The number of anilines is 1. The van der Waals surface area contributed by atoms with E-state index in [1.54, 1.807) is 25.6 Å². The van der Waals surface area contributed by atoms with Gasteiger partial charge in [0.25, 0.3) is 5.91 Å².